The Kier molecular flexibility index (Phi) is 5.91. The number of aliphatic hydroxyl groups is 1. The summed E-state index contributed by atoms with van der Waals surface area (Å²) in [5.41, 5.74) is 3.49. The molecule has 0 radical (unpaired) electrons. The van der Waals surface area contributed by atoms with Crippen LogP contribution in [0.4, 0.5) is 4.39 Å². The summed E-state index contributed by atoms with van der Waals surface area (Å²) in [4.78, 5) is 16.1. The number of carbonyl (C=O) groups excluding carboxylic acids is 1. The van der Waals surface area contributed by atoms with E-state index in [1.807, 2.05) is 66.9 Å². The molecule has 1 amide bonds. The molecule has 2 atom stereocenters. The maximum atomic E-state index is 13.6. The summed E-state index contributed by atoms with van der Waals surface area (Å²) in [7, 11) is 0. The van der Waals surface area contributed by atoms with Crippen LogP contribution in [0.1, 0.15) is 35.1 Å². The van der Waals surface area contributed by atoms with Gasteiger partial charge in [-0.05, 0) is 34.9 Å². The van der Waals surface area contributed by atoms with E-state index in [4.69, 9.17) is 0 Å². The van der Waals surface area contributed by atoms with Gasteiger partial charge >= 0.3 is 0 Å². The molecular weight excluding hydrogens is 379 g/mol. The zero-order valence-electron chi connectivity index (χ0n) is 16.4. The highest BCUT2D eigenvalue weighted by Gasteiger charge is 2.23. The Morgan fingerprint density at radius 3 is 2.30 bits per heavy atom. The number of nitrogens with one attached hydrogen (secondary N) is 2. The number of carbonyl (C=O) groups is 1. The van der Waals surface area contributed by atoms with Crippen LogP contribution >= 0.6 is 0 Å². The molecule has 4 aromatic rings. The zero-order valence-corrected chi connectivity index (χ0v) is 16.4. The van der Waals surface area contributed by atoms with Crippen LogP contribution < -0.4 is 5.32 Å². The number of H-pyrrole nitrogens is 1. The fraction of sp³-hybridized carbons (Fsp3) is 0.160. The Morgan fingerprint density at radius 1 is 0.967 bits per heavy atom. The summed E-state index contributed by atoms with van der Waals surface area (Å²) in [5.74, 6) is -0.678. The van der Waals surface area contributed by atoms with Crippen LogP contribution in [0, 0.1) is 5.82 Å². The molecule has 152 valence electrons. The molecule has 1 aromatic heterocycles. The third-order valence-corrected chi connectivity index (χ3v) is 5.36. The molecular formula is C25H23FN2O2. The number of benzene rings is 3. The van der Waals surface area contributed by atoms with Crippen LogP contribution in [0.3, 0.4) is 0 Å². The summed E-state index contributed by atoms with van der Waals surface area (Å²) in [6, 6.07) is 23.4. The van der Waals surface area contributed by atoms with Crippen LogP contribution in [0.5, 0.6) is 0 Å². The summed E-state index contributed by atoms with van der Waals surface area (Å²) >= 11 is 0. The van der Waals surface area contributed by atoms with Crippen molar-refractivity contribution in [3.8, 4) is 0 Å². The molecule has 4 nitrogen and oxygen atoms in total. The smallest absolute Gasteiger partial charge is 0.221 e. The Hall–Kier alpha value is -3.44. The molecule has 0 aliphatic rings. The van der Waals surface area contributed by atoms with Crippen molar-refractivity contribution in [1.82, 2.24) is 10.3 Å². The van der Waals surface area contributed by atoms with Crippen LogP contribution in [0.25, 0.3) is 10.9 Å². The van der Waals surface area contributed by atoms with Crippen molar-refractivity contribution >= 4 is 16.8 Å². The number of halogens is 1. The second-order valence-electron chi connectivity index (χ2n) is 7.31. The van der Waals surface area contributed by atoms with Gasteiger partial charge in [0.05, 0.1) is 12.6 Å². The molecule has 4 rings (SSSR count). The van der Waals surface area contributed by atoms with Gasteiger partial charge in [-0.2, -0.15) is 0 Å². The van der Waals surface area contributed by atoms with Gasteiger partial charge in [-0.1, -0.05) is 60.7 Å². The Bertz CT molecular complexity index is 1130. The van der Waals surface area contributed by atoms with Crippen molar-refractivity contribution in [3.63, 3.8) is 0 Å². The number of hydrogen-bond donors (Lipinski definition) is 3. The molecule has 2 unspecified atom stereocenters. The second-order valence-corrected chi connectivity index (χ2v) is 7.31. The van der Waals surface area contributed by atoms with E-state index in [0.717, 1.165) is 22.1 Å². The first-order valence-electron chi connectivity index (χ1n) is 9.92. The highest BCUT2D eigenvalue weighted by molar-refractivity contribution is 5.86. The van der Waals surface area contributed by atoms with E-state index < -0.39 is 6.04 Å². The first-order chi connectivity index (χ1) is 14.7. The molecule has 0 aliphatic carbocycles. The average Bonchev–Trinajstić information content (AvgIpc) is 3.19. The SMILES string of the molecule is O=C(CC(c1ccccc1)c1c[nH]c2cc(F)ccc12)NC(CO)c1ccccc1. The predicted octanol–water partition coefficient (Wildman–Crippen LogP) is 4.68. The predicted molar refractivity (Wildman–Crippen MR) is 116 cm³/mol. The van der Waals surface area contributed by atoms with Crippen molar-refractivity contribution in [2.45, 2.75) is 18.4 Å². The van der Waals surface area contributed by atoms with E-state index in [-0.39, 0.29) is 30.7 Å². The number of rotatable bonds is 7. The largest absolute Gasteiger partial charge is 0.394 e. The van der Waals surface area contributed by atoms with Crippen molar-refractivity contribution in [2.24, 2.45) is 0 Å². The molecule has 0 bridgehead atoms. The highest BCUT2D eigenvalue weighted by atomic mass is 19.1. The third kappa shape index (κ3) is 4.26. The highest BCUT2D eigenvalue weighted by Crippen LogP contribution is 2.33. The number of hydrogen-bond acceptors (Lipinski definition) is 2. The Morgan fingerprint density at radius 2 is 1.63 bits per heavy atom. The van der Waals surface area contributed by atoms with E-state index in [2.05, 4.69) is 10.3 Å². The van der Waals surface area contributed by atoms with Gasteiger partial charge in [0, 0.05) is 29.4 Å². The summed E-state index contributed by atoms with van der Waals surface area (Å²) in [6.07, 6.45) is 2.05. The topological polar surface area (TPSA) is 65.1 Å². The monoisotopic (exact) mass is 402 g/mol. The molecule has 0 spiro atoms. The van der Waals surface area contributed by atoms with Crippen LogP contribution in [-0.2, 0) is 4.79 Å². The fourth-order valence-electron chi connectivity index (χ4n) is 3.86. The van der Waals surface area contributed by atoms with Crippen LogP contribution in [0.15, 0.2) is 85.1 Å². The normalized spacial score (nSPS) is 13.1. The Balaban J connectivity index is 1.63. The van der Waals surface area contributed by atoms with Crippen molar-refractivity contribution in [2.75, 3.05) is 6.61 Å². The van der Waals surface area contributed by atoms with E-state index >= 15 is 0 Å². The molecule has 0 saturated carbocycles. The van der Waals surface area contributed by atoms with E-state index in [1.54, 1.807) is 6.07 Å². The summed E-state index contributed by atoms with van der Waals surface area (Å²) in [5, 5.41) is 13.6. The third-order valence-electron chi connectivity index (χ3n) is 5.36. The maximum absolute atomic E-state index is 13.6. The van der Waals surface area contributed by atoms with Crippen LogP contribution in [-0.4, -0.2) is 22.6 Å². The lowest BCUT2D eigenvalue weighted by molar-refractivity contribution is -0.122. The number of aromatic nitrogens is 1. The number of aromatic amines is 1. The number of fused-ring (bicyclic) bond motifs is 1. The first kappa shape index (κ1) is 19.9. The van der Waals surface area contributed by atoms with Crippen molar-refractivity contribution in [1.29, 1.82) is 0 Å². The number of amides is 1. The minimum atomic E-state index is -0.466. The molecule has 0 fully saturated rings. The van der Waals surface area contributed by atoms with Crippen LogP contribution in [0.2, 0.25) is 0 Å². The lowest BCUT2D eigenvalue weighted by Crippen LogP contribution is -2.31. The van der Waals surface area contributed by atoms with Crippen molar-refractivity contribution in [3.05, 3.63) is 108 Å². The molecule has 0 aliphatic heterocycles. The molecule has 3 N–H and O–H groups in total. The lowest BCUT2D eigenvalue weighted by atomic mass is 9.88. The average molecular weight is 402 g/mol. The van der Waals surface area contributed by atoms with Gasteiger partial charge in [0.25, 0.3) is 0 Å². The fourth-order valence-corrected chi connectivity index (χ4v) is 3.86. The molecule has 5 heteroatoms. The first-order valence-corrected chi connectivity index (χ1v) is 9.92. The second kappa shape index (κ2) is 8.93. The van der Waals surface area contributed by atoms with Gasteiger partial charge in [0.15, 0.2) is 0 Å². The van der Waals surface area contributed by atoms with Gasteiger partial charge in [-0.15, -0.1) is 0 Å². The summed E-state index contributed by atoms with van der Waals surface area (Å²) in [6.45, 7) is -0.182. The molecule has 30 heavy (non-hydrogen) atoms. The van der Waals surface area contributed by atoms with Gasteiger partial charge in [0.2, 0.25) is 5.91 Å². The van der Waals surface area contributed by atoms with E-state index in [1.165, 1.54) is 12.1 Å². The van der Waals surface area contributed by atoms with E-state index in [9.17, 15) is 14.3 Å². The summed E-state index contributed by atoms with van der Waals surface area (Å²) < 4.78 is 13.6. The quantitative estimate of drug-likeness (QED) is 0.420. The van der Waals surface area contributed by atoms with Gasteiger partial charge in [0.1, 0.15) is 5.82 Å². The number of aliphatic hydroxyl groups excluding tert-OH is 1. The Labute approximate surface area is 174 Å². The van der Waals surface area contributed by atoms with Gasteiger partial charge in [-0.25, -0.2) is 4.39 Å². The minimum absolute atomic E-state index is 0.164. The maximum Gasteiger partial charge on any atom is 0.221 e. The van der Waals surface area contributed by atoms with E-state index in [0.29, 0.717) is 5.52 Å². The lowest BCUT2D eigenvalue weighted by Gasteiger charge is -2.21. The van der Waals surface area contributed by atoms with Crippen molar-refractivity contribution < 1.29 is 14.3 Å². The standard InChI is InChI=1S/C25H23FN2O2/c26-19-11-12-20-22(15-27-23(20)13-19)21(17-7-3-1-4-8-17)14-25(30)28-24(16-29)18-9-5-2-6-10-18/h1-13,15,21,24,27,29H,14,16H2,(H,28,30). The van der Waals surface area contributed by atoms with Gasteiger partial charge < -0.3 is 15.4 Å². The molecule has 1 heterocycles. The van der Waals surface area contributed by atoms with Gasteiger partial charge in [-0.3, -0.25) is 4.79 Å². The molecule has 0 saturated heterocycles. The minimum Gasteiger partial charge on any atom is -0.394 e. The molecule has 3 aromatic carbocycles. The zero-order chi connectivity index (χ0) is 20.9.